The number of ether oxygens (including phenoxy) is 1. The average molecular weight is 303 g/mol. The molecule has 23 heavy (non-hydrogen) atoms. The van der Waals surface area contributed by atoms with Gasteiger partial charge in [-0.25, -0.2) is 0 Å². The number of aryl methyl sites for hydroxylation is 1. The molecule has 3 heteroatoms. The number of aromatic hydroxyl groups is 1. The fourth-order valence-electron chi connectivity index (χ4n) is 3.21. The van der Waals surface area contributed by atoms with E-state index in [2.05, 4.69) is 16.7 Å². The zero-order valence-electron chi connectivity index (χ0n) is 13.1. The molecule has 4 aromatic rings. The van der Waals surface area contributed by atoms with Crippen LogP contribution in [-0.2, 0) is 7.05 Å². The van der Waals surface area contributed by atoms with Gasteiger partial charge in [-0.15, -0.1) is 0 Å². The van der Waals surface area contributed by atoms with Gasteiger partial charge < -0.3 is 14.4 Å². The molecule has 1 aromatic heterocycles. The standard InChI is InChI=1S/C20H17NO2/c1-21-17-6-4-3-5-16(17)20-18(21)11-14(12-19(20)22)13-7-9-15(23-2)10-8-13/h3-12,22H,1-2H3. The van der Waals surface area contributed by atoms with Crippen LogP contribution in [0.5, 0.6) is 11.5 Å². The molecule has 0 aliphatic carbocycles. The van der Waals surface area contributed by atoms with Gasteiger partial charge in [-0.1, -0.05) is 30.3 Å². The van der Waals surface area contributed by atoms with Gasteiger partial charge in [-0.3, -0.25) is 0 Å². The molecule has 0 aliphatic rings. The molecular formula is C20H17NO2. The highest BCUT2D eigenvalue weighted by Crippen LogP contribution is 2.38. The smallest absolute Gasteiger partial charge is 0.126 e. The van der Waals surface area contributed by atoms with Gasteiger partial charge in [0.1, 0.15) is 11.5 Å². The van der Waals surface area contributed by atoms with Crippen molar-refractivity contribution in [1.82, 2.24) is 4.57 Å². The van der Waals surface area contributed by atoms with Gasteiger partial charge in [0.25, 0.3) is 0 Å². The summed E-state index contributed by atoms with van der Waals surface area (Å²) in [6, 6.07) is 19.9. The second-order valence-corrected chi connectivity index (χ2v) is 5.69. The molecule has 0 atom stereocenters. The Balaban J connectivity index is 1.99. The minimum atomic E-state index is 0.310. The van der Waals surface area contributed by atoms with Gasteiger partial charge in [0.15, 0.2) is 0 Å². The second kappa shape index (κ2) is 5.06. The molecule has 0 fully saturated rings. The van der Waals surface area contributed by atoms with E-state index >= 15 is 0 Å². The topological polar surface area (TPSA) is 34.4 Å². The largest absolute Gasteiger partial charge is 0.507 e. The summed E-state index contributed by atoms with van der Waals surface area (Å²) in [5.41, 5.74) is 4.18. The third-order valence-electron chi connectivity index (χ3n) is 4.42. The normalized spacial score (nSPS) is 11.2. The van der Waals surface area contributed by atoms with E-state index in [1.54, 1.807) is 7.11 Å². The van der Waals surface area contributed by atoms with Crippen LogP contribution >= 0.6 is 0 Å². The zero-order chi connectivity index (χ0) is 16.0. The molecule has 0 bridgehead atoms. The molecule has 0 saturated carbocycles. The van der Waals surface area contributed by atoms with Crippen LogP contribution in [0.4, 0.5) is 0 Å². The Kier molecular flexibility index (Phi) is 3.01. The quantitative estimate of drug-likeness (QED) is 0.582. The Hall–Kier alpha value is -2.94. The molecule has 114 valence electrons. The molecule has 3 nitrogen and oxygen atoms in total. The highest BCUT2D eigenvalue weighted by atomic mass is 16.5. The molecule has 3 aromatic carbocycles. The lowest BCUT2D eigenvalue weighted by molar-refractivity contribution is 0.415. The predicted octanol–water partition coefficient (Wildman–Crippen LogP) is 4.71. The van der Waals surface area contributed by atoms with Gasteiger partial charge >= 0.3 is 0 Å². The van der Waals surface area contributed by atoms with Gasteiger partial charge in [0.05, 0.1) is 12.6 Å². The van der Waals surface area contributed by atoms with Gasteiger partial charge in [-0.2, -0.15) is 0 Å². The number of rotatable bonds is 2. The molecule has 0 saturated heterocycles. The van der Waals surface area contributed by atoms with Crippen LogP contribution in [0.3, 0.4) is 0 Å². The first kappa shape index (κ1) is 13.7. The molecule has 0 unspecified atom stereocenters. The SMILES string of the molecule is COc1ccc(-c2cc(O)c3c4ccccc4n(C)c3c2)cc1. The lowest BCUT2D eigenvalue weighted by Crippen LogP contribution is -1.87. The van der Waals surface area contributed by atoms with Crippen molar-refractivity contribution >= 4 is 21.8 Å². The number of phenols is 1. The molecule has 0 amide bonds. The Labute approximate surface area is 134 Å². The van der Waals surface area contributed by atoms with Crippen molar-refractivity contribution in [3.8, 4) is 22.6 Å². The van der Waals surface area contributed by atoms with Crippen LogP contribution < -0.4 is 4.74 Å². The van der Waals surface area contributed by atoms with E-state index in [9.17, 15) is 5.11 Å². The number of phenolic OH excluding ortho intramolecular Hbond substituents is 1. The van der Waals surface area contributed by atoms with Crippen molar-refractivity contribution in [2.24, 2.45) is 7.05 Å². The van der Waals surface area contributed by atoms with Crippen molar-refractivity contribution in [2.45, 2.75) is 0 Å². The first-order valence-corrected chi connectivity index (χ1v) is 7.53. The summed E-state index contributed by atoms with van der Waals surface area (Å²) in [5.74, 6) is 1.13. The first-order chi connectivity index (χ1) is 11.2. The molecule has 0 radical (unpaired) electrons. The molecular weight excluding hydrogens is 286 g/mol. The number of benzene rings is 3. The zero-order valence-corrected chi connectivity index (χ0v) is 13.1. The van der Waals surface area contributed by atoms with E-state index in [4.69, 9.17) is 4.74 Å². The molecule has 1 N–H and O–H groups in total. The number of hydrogen-bond donors (Lipinski definition) is 1. The van der Waals surface area contributed by atoms with Crippen molar-refractivity contribution in [3.05, 3.63) is 60.7 Å². The lowest BCUT2D eigenvalue weighted by Gasteiger charge is -2.07. The van der Waals surface area contributed by atoms with Gasteiger partial charge in [0, 0.05) is 23.3 Å². The van der Waals surface area contributed by atoms with Crippen LogP contribution in [0.2, 0.25) is 0 Å². The summed E-state index contributed by atoms with van der Waals surface area (Å²) >= 11 is 0. The molecule has 0 spiro atoms. The van der Waals surface area contributed by atoms with Crippen LogP contribution in [0, 0.1) is 0 Å². The lowest BCUT2D eigenvalue weighted by atomic mass is 10.0. The second-order valence-electron chi connectivity index (χ2n) is 5.69. The summed E-state index contributed by atoms with van der Waals surface area (Å²) in [4.78, 5) is 0. The Morgan fingerprint density at radius 2 is 1.61 bits per heavy atom. The van der Waals surface area contributed by atoms with E-state index in [1.165, 1.54) is 0 Å². The molecule has 4 rings (SSSR count). The Morgan fingerprint density at radius 3 is 2.35 bits per heavy atom. The summed E-state index contributed by atoms with van der Waals surface area (Å²) in [5, 5.41) is 12.6. The Morgan fingerprint density at radius 1 is 0.870 bits per heavy atom. The average Bonchev–Trinajstić information content (AvgIpc) is 2.88. The van der Waals surface area contributed by atoms with E-state index in [0.29, 0.717) is 5.75 Å². The Bertz CT molecular complexity index is 1010. The maximum Gasteiger partial charge on any atom is 0.126 e. The minimum absolute atomic E-state index is 0.310. The third kappa shape index (κ3) is 2.05. The number of para-hydroxylation sites is 1. The maximum absolute atomic E-state index is 10.6. The number of fused-ring (bicyclic) bond motifs is 3. The number of hydrogen-bond acceptors (Lipinski definition) is 2. The predicted molar refractivity (Wildman–Crippen MR) is 94.1 cm³/mol. The summed E-state index contributed by atoms with van der Waals surface area (Å²) < 4.78 is 7.33. The van der Waals surface area contributed by atoms with Gasteiger partial charge in [0.2, 0.25) is 0 Å². The minimum Gasteiger partial charge on any atom is -0.507 e. The van der Waals surface area contributed by atoms with Crippen LogP contribution in [0.15, 0.2) is 60.7 Å². The van der Waals surface area contributed by atoms with Crippen molar-refractivity contribution in [1.29, 1.82) is 0 Å². The van der Waals surface area contributed by atoms with E-state index in [0.717, 1.165) is 38.7 Å². The highest BCUT2D eigenvalue weighted by Gasteiger charge is 2.13. The fourth-order valence-corrected chi connectivity index (χ4v) is 3.21. The van der Waals surface area contributed by atoms with Crippen molar-refractivity contribution in [2.75, 3.05) is 7.11 Å². The number of nitrogens with zero attached hydrogens (tertiary/aromatic N) is 1. The summed E-state index contributed by atoms with van der Waals surface area (Å²) in [7, 11) is 3.68. The van der Waals surface area contributed by atoms with Crippen LogP contribution in [0.25, 0.3) is 32.9 Å². The van der Waals surface area contributed by atoms with E-state index in [1.807, 2.05) is 55.6 Å². The van der Waals surface area contributed by atoms with E-state index in [-0.39, 0.29) is 0 Å². The fraction of sp³-hybridized carbons (Fsp3) is 0.100. The van der Waals surface area contributed by atoms with Crippen LogP contribution in [-0.4, -0.2) is 16.8 Å². The first-order valence-electron chi connectivity index (χ1n) is 7.53. The third-order valence-corrected chi connectivity index (χ3v) is 4.42. The number of methoxy groups -OCH3 is 1. The van der Waals surface area contributed by atoms with Crippen molar-refractivity contribution in [3.63, 3.8) is 0 Å². The highest BCUT2D eigenvalue weighted by molar-refractivity contribution is 6.12. The maximum atomic E-state index is 10.6. The number of aromatic nitrogens is 1. The van der Waals surface area contributed by atoms with Crippen LogP contribution in [0.1, 0.15) is 0 Å². The monoisotopic (exact) mass is 303 g/mol. The summed E-state index contributed by atoms with van der Waals surface area (Å²) in [6.45, 7) is 0. The molecule has 0 aliphatic heterocycles. The molecule has 1 heterocycles. The van der Waals surface area contributed by atoms with Crippen molar-refractivity contribution < 1.29 is 9.84 Å². The van der Waals surface area contributed by atoms with E-state index < -0.39 is 0 Å². The van der Waals surface area contributed by atoms with Gasteiger partial charge in [-0.05, 0) is 41.5 Å². The summed E-state index contributed by atoms with van der Waals surface area (Å²) in [6.07, 6.45) is 0.